The molecule has 2 aromatic carbocycles. The monoisotopic (exact) mass is 448 g/mol. The van der Waals surface area contributed by atoms with E-state index in [2.05, 4.69) is 6.07 Å². The first-order valence-corrected chi connectivity index (χ1v) is 11.7. The van der Waals surface area contributed by atoms with Crippen LogP contribution in [-0.2, 0) is 12.1 Å². The summed E-state index contributed by atoms with van der Waals surface area (Å²) < 4.78 is 15.9. The van der Waals surface area contributed by atoms with Crippen LogP contribution in [0.2, 0.25) is 0 Å². The average Bonchev–Trinajstić information content (AvgIpc) is 2.77. The van der Waals surface area contributed by atoms with Crippen LogP contribution in [-0.4, -0.2) is 35.0 Å². The minimum Gasteiger partial charge on any atom is -0.478 e. The molecule has 2 fully saturated rings. The molecular formula is C27H29FN2O3. The van der Waals surface area contributed by atoms with Crippen LogP contribution >= 0.6 is 0 Å². The van der Waals surface area contributed by atoms with Gasteiger partial charge in [0.05, 0.1) is 17.2 Å². The molecule has 33 heavy (non-hydrogen) atoms. The lowest BCUT2D eigenvalue weighted by Crippen LogP contribution is -2.44. The fourth-order valence-electron chi connectivity index (χ4n) is 5.04. The molecule has 1 heterocycles. The zero-order chi connectivity index (χ0) is 23.8. The smallest absolute Gasteiger partial charge is 0.335 e. The molecule has 2 aliphatic rings. The molecule has 1 N–H and O–H groups in total. The Bertz CT molecular complexity index is 1140. The van der Waals surface area contributed by atoms with E-state index in [1.807, 2.05) is 19.9 Å². The van der Waals surface area contributed by atoms with Gasteiger partial charge in [0.1, 0.15) is 5.67 Å². The average molecular weight is 449 g/mol. The lowest BCUT2D eigenvalue weighted by molar-refractivity contribution is 0.0419. The van der Waals surface area contributed by atoms with E-state index >= 15 is 4.39 Å². The van der Waals surface area contributed by atoms with Gasteiger partial charge in [-0.25, -0.2) is 9.18 Å². The van der Waals surface area contributed by atoms with Crippen LogP contribution in [0.25, 0.3) is 0 Å². The van der Waals surface area contributed by atoms with Crippen molar-refractivity contribution in [1.29, 1.82) is 5.26 Å². The number of alkyl halides is 1. The van der Waals surface area contributed by atoms with Crippen molar-refractivity contribution < 1.29 is 19.1 Å². The van der Waals surface area contributed by atoms with Crippen LogP contribution < -0.4 is 0 Å². The highest BCUT2D eigenvalue weighted by atomic mass is 19.1. The topological polar surface area (TPSA) is 81.4 Å². The third-order valence-corrected chi connectivity index (χ3v) is 7.28. The van der Waals surface area contributed by atoms with E-state index in [9.17, 15) is 20.0 Å². The van der Waals surface area contributed by atoms with Crippen LogP contribution in [0.4, 0.5) is 4.39 Å². The number of aromatic carboxylic acids is 1. The minimum absolute atomic E-state index is 0.101. The first kappa shape index (κ1) is 23.0. The van der Waals surface area contributed by atoms with Gasteiger partial charge in [-0.15, -0.1) is 0 Å². The quantitative estimate of drug-likeness (QED) is 0.655. The second kappa shape index (κ2) is 8.97. The molecule has 1 aliphatic heterocycles. The van der Waals surface area contributed by atoms with Crippen molar-refractivity contribution in [1.82, 2.24) is 4.90 Å². The summed E-state index contributed by atoms with van der Waals surface area (Å²) in [6, 6.07) is 10.7. The Balaban J connectivity index is 1.58. The fourth-order valence-corrected chi connectivity index (χ4v) is 5.04. The first-order chi connectivity index (χ1) is 15.8. The Hall–Kier alpha value is -3.20. The molecule has 1 saturated heterocycles. The number of carbonyl (C=O) groups is 2. The maximum Gasteiger partial charge on any atom is 0.335 e. The molecule has 0 aromatic heterocycles. The van der Waals surface area contributed by atoms with Crippen LogP contribution in [0.15, 0.2) is 30.3 Å². The maximum absolute atomic E-state index is 15.9. The summed E-state index contributed by atoms with van der Waals surface area (Å²) in [7, 11) is 0. The van der Waals surface area contributed by atoms with E-state index in [-0.39, 0.29) is 43.3 Å². The second-order valence-electron chi connectivity index (χ2n) is 9.30. The molecule has 1 aliphatic carbocycles. The fraction of sp³-hybridized carbons (Fsp3) is 0.444. The van der Waals surface area contributed by atoms with Gasteiger partial charge in [-0.1, -0.05) is 31.5 Å². The second-order valence-corrected chi connectivity index (χ2v) is 9.30. The number of carboxylic acid groups (broad SMARTS) is 1. The zero-order valence-corrected chi connectivity index (χ0v) is 19.2. The zero-order valence-electron chi connectivity index (χ0n) is 19.2. The van der Waals surface area contributed by atoms with E-state index in [4.69, 9.17) is 0 Å². The largest absolute Gasteiger partial charge is 0.478 e. The van der Waals surface area contributed by atoms with Gasteiger partial charge in [-0.05, 0) is 60.9 Å². The number of hydrogen-bond acceptors (Lipinski definition) is 3. The molecule has 5 nitrogen and oxygen atoms in total. The Morgan fingerprint density at radius 2 is 1.88 bits per heavy atom. The Labute approximate surface area is 193 Å². The van der Waals surface area contributed by atoms with Crippen molar-refractivity contribution in [3.8, 4) is 6.07 Å². The van der Waals surface area contributed by atoms with Crippen molar-refractivity contribution >= 4 is 11.9 Å². The van der Waals surface area contributed by atoms with Crippen molar-refractivity contribution in [2.24, 2.45) is 0 Å². The van der Waals surface area contributed by atoms with E-state index in [0.717, 1.165) is 36.0 Å². The molecule has 172 valence electrons. The molecule has 1 amide bonds. The summed E-state index contributed by atoms with van der Waals surface area (Å²) in [4.78, 5) is 26.9. The number of carbonyl (C=O) groups excluding carboxylic acids is 1. The number of piperidine rings is 1. The Morgan fingerprint density at radius 3 is 2.42 bits per heavy atom. The third kappa shape index (κ3) is 4.25. The SMILES string of the molecule is CCc1cc(C2CCC2)c(C(=O)O)cc1C(=O)N1CCC(F)(c2ccc(C)cc2C#N)CC1. The molecule has 0 unspecified atom stereocenters. The van der Waals surface area contributed by atoms with Gasteiger partial charge in [0, 0.05) is 37.1 Å². The van der Waals surface area contributed by atoms with Gasteiger partial charge in [0.15, 0.2) is 0 Å². The van der Waals surface area contributed by atoms with Gasteiger partial charge >= 0.3 is 5.97 Å². The number of nitrogens with zero attached hydrogens (tertiary/aromatic N) is 2. The number of halogens is 1. The van der Waals surface area contributed by atoms with Crippen LogP contribution in [0.1, 0.15) is 93.5 Å². The van der Waals surface area contributed by atoms with Crippen LogP contribution in [0.3, 0.4) is 0 Å². The predicted octanol–water partition coefficient (Wildman–Crippen LogP) is 5.50. The summed E-state index contributed by atoms with van der Waals surface area (Å²) >= 11 is 0. The van der Waals surface area contributed by atoms with Crippen molar-refractivity contribution in [2.45, 2.75) is 64.0 Å². The molecule has 0 bridgehead atoms. The van der Waals surface area contributed by atoms with Gasteiger partial charge in [0.25, 0.3) is 5.91 Å². The summed E-state index contributed by atoms with van der Waals surface area (Å²) in [5, 5.41) is 19.2. The molecule has 0 spiro atoms. The highest BCUT2D eigenvalue weighted by Gasteiger charge is 2.40. The minimum atomic E-state index is -1.66. The maximum atomic E-state index is 15.9. The summed E-state index contributed by atoms with van der Waals surface area (Å²) in [6.07, 6.45) is 3.87. The number of aryl methyl sites for hydroxylation is 2. The summed E-state index contributed by atoms with van der Waals surface area (Å²) in [5.74, 6) is -1.02. The molecule has 0 atom stereocenters. The predicted molar refractivity (Wildman–Crippen MR) is 123 cm³/mol. The van der Waals surface area contributed by atoms with Gasteiger partial charge in [-0.2, -0.15) is 5.26 Å². The van der Waals surface area contributed by atoms with Crippen LogP contribution in [0, 0.1) is 18.3 Å². The number of amides is 1. The van der Waals surface area contributed by atoms with Gasteiger partial charge < -0.3 is 10.0 Å². The molecule has 0 radical (unpaired) electrons. The molecule has 4 rings (SSSR count). The van der Waals surface area contributed by atoms with E-state index < -0.39 is 11.6 Å². The summed E-state index contributed by atoms with van der Waals surface area (Å²) in [6.45, 7) is 4.25. The lowest BCUT2D eigenvalue weighted by atomic mass is 9.76. The van der Waals surface area contributed by atoms with Crippen molar-refractivity contribution in [2.75, 3.05) is 13.1 Å². The lowest BCUT2D eigenvalue weighted by Gasteiger charge is -2.37. The van der Waals surface area contributed by atoms with E-state index in [0.29, 0.717) is 23.1 Å². The number of hydrogen-bond donors (Lipinski definition) is 1. The Morgan fingerprint density at radius 1 is 1.18 bits per heavy atom. The number of likely N-dealkylation sites (tertiary alicyclic amines) is 1. The summed E-state index contributed by atoms with van der Waals surface area (Å²) in [5.41, 5.74) is 2.23. The Kier molecular flexibility index (Phi) is 6.25. The number of benzene rings is 2. The highest BCUT2D eigenvalue weighted by Crippen LogP contribution is 2.41. The molecule has 6 heteroatoms. The number of rotatable bonds is 5. The van der Waals surface area contributed by atoms with Gasteiger partial charge in [0.2, 0.25) is 0 Å². The normalized spacial score (nSPS) is 17.8. The third-order valence-electron chi connectivity index (χ3n) is 7.28. The van der Waals surface area contributed by atoms with Gasteiger partial charge in [-0.3, -0.25) is 4.79 Å². The molecule has 2 aromatic rings. The number of carboxylic acids is 1. The highest BCUT2D eigenvalue weighted by molar-refractivity contribution is 5.99. The standard InChI is InChI=1S/C27H29FN2O3/c1-3-18-14-21(19-5-4-6-19)23(26(32)33)15-22(18)25(31)30-11-9-27(28,10-12-30)24-8-7-17(2)13-20(24)16-29/h7-8,13-15,19H,3-6,9-12H2,1-2H3,(H,32,33). The van der Waals surface area contributed by atoms with E-state index in [1.54, 1.807) is 23.1 Å². The van der Waals surface area contributed by atoms with Crippen molar-refractivity contribution in [3.63, 3.8) is 0 Å². The van der Waals surface area contributed by atoms with Crippen LogP contribution in [0.5, 0.6) is 0 Å². The number of nitriles is 1. The van der Waals surface area contributed by atoms with E-state index in [1.165, 1.54) is 6.07 Å². The van der Waals surface area contributed by atoms with Crippen molar-refractivity contribution in [3.05, 3.63) is 69.3 Å². The molecule has 1 saturated carbocycles. The molecular weight excluding hydrogens is 419 g/mol. The first-order valence-electron chi connectivity index (χ1n) is 11.7.